The molecule has 0 spiro atoms. The molecule has 4 heteroatoms. The van der Waals surface area contributed by atoms with E-state index in [9.17, 15) is 4.79 Å². The second kappa shape index (κ2) is 4.42. The maximum absolute atomic E-state index is 11.0. The van der Waals surface area contributed by atoms with E-state index in [1.54, 1.807) is 0 Å². The lowest BCUT2D eigenvalue weighted by Gasteiger charge is -2.27. The lowest BCUT2D eigenvalue weighted by atomic mass is 10.2. The van der Waals surface area contributed by atoms with Crippen LogP contribution >= 0.6 is 0 Å². The summed E-state index contributed by atoms with van der Waals surface area (Å²) in [5.41, 5.74) is 2.66. The Balaban J connectivity index is 2.24. The van der Waals surface area contributed by atoms with Crippen LogP contribution in [0.4, 0.5) is 0 Å². The number of aliphatic hydroxyl groups excluding tert-OH is 1. The van der Waals surface area contributed by atoms with Crippen molar-refractivity contribution in [3.05, 3.63) is 0 Å². The number of aliphatic hydroxyl groups is 1. The average molecular weight is 172 g/mol. The van der Waals surface area contributed by atoms with E-state index >= 15 is 0 Å². The van der Waals surface area contributed by atoms with E-state index in [0.717, 1.165) is 25.9 Å². The minimum absolute atomic E-state index is 0.308. The Morgan fingerprint density at radius 1 is 1.42 bits per heavy atom. The molecule has 0 aromatic carbocycles. The van der Waals surface area contributed by atoms with Crippen LogP contribution in [0.25, 0.3) is 0 Å². The van der Waals surface area contributed by atoms with Crippen molar-refractivity contribution in [1.82, 2.24) is 10.4 Å². The highest BCUT2D eigenvalue weighted by molar-refractivity contribution is 5.79. The fourth-order valence-corrected chi connectivity index (χ4v) is 1.25. The molecule has 0 radical (unpaired) electrons. The van der Waals surface area contributed by atoms with Gasteiger partial charge in [0, 0.05) is 13.1 Å². The highest BCUT2D eigenvalue weighted by atomic mass is 16.3. The van der Waals surface area contributed by atoms with Crippen molar-refractivity contribution in [3.8, 4) is 0 Å². The third-order valence-electron chi connectivity index (χ3n) is 2.00. The Kier molecular flexibility index (Phi) is 3.49. The third-order valence-corrected chi connectivity index (χ3v) is 2.00. The number of hydrazine groups is 1. The number of nitrogens with one attached hydrogen (secondary N) is 1. The number of rotatable bonds is 2. The molecule has 0 saturated carbocycles. The molecule has 1 heterocycles. The summed E-state index contributed by atoms with van der Waals surface area (Å²) in [6.07, 6.45) is 2.58. The number of hydrogen-bond donors (Lipinski definition) is 2. The minimum atomic E-state index is -0.910. The summed E-state index contributed by atoms with van der Waals surface area (Å²) in [4.78, 5) is 11.0. The fourth-order valence-electron chi connectivity index (χ4n) is 1.25. The summed E-state index contributed by atoms with van der Waals surface area (Å²) in [7, 11) is 0. The van der Waals surface area contributed by atoms with Crippen LogP contribution in [0.3, 0.4) is 0 Å². The van der Waals surface area contributed by atoms with Crippen molar-refractivity contribution >= 4 is 5.91 Å². The van der Waals surface area contributed by atoms with Crippen LogP contribution < -0.4 is 5.43 Å². The number of piperidine rings is 1. The van der Waals surface area contributed by atoms with Crippen LogP contribution in [0.5, 0.6) is 0 Å². The molecule has 12 heavy (non-hydrogen) atoms. The Morgan fingerprint density at radius 2 is 2.00 bits per heavy atom. The van der Waals surface area contributed by atoms with Gasteiger partial charge in [-0.2, -0.15) is 0 Å². The monoisotopic (exact) mass is 172 g/mol. The molecule has 1 aliphatic rings. The molecule has 70 valence electrons. The second-order valence-electron chi connectivity index (χ2n) is 3.20. The summed E-state index contributed by atoms with van der Waals surface area (Å²) in [6.45, 7) is 3.27. The lowest BCUT2D eigenvalue weighted by Crippen LogP contribution is -2.48. The zero-order chi connectivity index (χ0) is 8.97. The van der Waals surface area contributed by atoms with Gasteiger partial charge in [0.15, 0.2) is 0 Å². The van der Waals surface area contributed by atoms with Crippen LogP contribution in [0.2, 0.25) is 0 Å². The molecular weight excluding hydrogens is 156 g/mol. The van der Waals surface area contributed by atoms with Crippen molar-refractivity contribution in [3.63, 3.8) is 0 Å². The van der Waals surface area contributed by atoms with Gasteiger partial charge in [0.2, 0.25) is 0 Å². The van der Waals surface area contributed by atoms with Crippen LogP contribution in [0.1, 0.15) is 26.2 Å². The first-order valence-corrected chi connectivity index (χ1v) is 4.43. The molecule has 1 aliphatic heterocycles. The molecule has 0 aromatic rings. The molecular formula is C8H16N2O2. The number of amides is 1. The maximum Gasteiger partial charge on any atom is 0.262 e. The van der Waals surface area contributed by atoms with Crippen molar-refractivity contribution in [2.75, 3.05) is 13.1 Å². The molecule has 1 rings (SSSR count). The molecule has 0 aliphatic carbocycles. The van der Waals surface area contributed by atoms with Crippen LogP contribution in [0.15, 0.2) is 0 Å². The highest BCUT2D eigenvalue weighted by Crippen LogP contribution is 2.05. The minimum Gasteiger partial charge on any atom is -0.384 e. The van der Waals surface area contributed by atoms with Gasteiger partial charge in [-0.25, -0.2) is 5.01 Å². The van der Waals surface area contributed by atoms with Crippen molar-refractivity contribution in [2.24, 2.45) is 0 Å². The van der Waals surface area contributed by atoms with Gasteiger partial charge >= 0.3 is 0 Å². The van der Waals surface area contributed by atoms with Gasteiger partial charge in [-0.1, -0.05) is 6.42 Å². The molecule has 2 N–H and O–H groups in total. The average Bonchev–Trinajstić information content (AvgIpc) is 2.06. The summed E-state index contributed by atoms with van der Waals surface area (Å²) in [5.74, 6) is -0.308. The van der Waals surface area contributed by atoms with E-state index in [2.05, 4.69) is 5.43 Å². The molecule has 0 bridgehead atoms. The Morgan fingerprint density at radius 3 is 2.50 bits per heavy atom. The van der Waals surface area contributed by atoms with E-state index in [1.165, 1.54) is 13.3 Å². The Labute approximate surface area is 72.5 Å². The summed E-state index contributed by atoms with van der Waals surface area (Å²) >= 11 is 0. The van der Waals surface area contributed by atoms with Gasteiger partial charge in [-0.05, 0) is 19.8 Å². The Bertz CT molecular complexity index is 153. The SMILES string of the molecule is C[C@H](O)C(=O)NN1CCCCC1. The number of hydrogen-bond acceptors (Lipinski definition) is 3. The quantitative estimate of drug-likeness (QED) is 0.611. The normalized spacial score (nSPS) is 21.8. The topological polar surface area (TPSA) is 52.6 Å². The second-order valence-corrected chi connectivity index (χ2v) is 3.20. The highest BCUT2D eigenvalue weighted by Gasteiger charge is 2.15. The molecule has 0 aromatic heterocycles. The standard InChI is InChI=1S/C8H16N2O2/c1-7(11)8(12)9-10-5-3-2-4-6-10/h7,11H,2-6H2,1H3,(H,9,12)/t7-/m0/s1. The summed E-state index contributed by atoms with van der Waals surface area (Å²) in [5, 5.41) is 10.8. The fraction of sp³-hybridized carbons (Fsp3) is 0.875. The van der Waals surface area contributed by atoms with E-state index in [-0.39, 0.29) is 5.91 Å². The van der Waals surface area contributed by atoms with Crippen LogP contribution in [-0.2, 0) is 4.79 Å². The summed E-state index contributed by atoms with van der Waals surface area (Å²) < 4.78 is 0. The van der Waals surface area contributed by atoms with E-state index < -0.39 is 6.10 Å². The number of carbonyl (C=O) groups excluding carboxylic acids is 1. The molecule has 1 saturated heterocycles. The van der Waals surface area contributed by atoms with E-state index in [0.29, 0.717) is 0 Å². The van der Waals surface area contributed by atoms with Gasteiger partial charge in [-0.3, -0.25) is 10.2 Å². The zero-order valence-electron chi connectivity index (χ0n) is 7.42. The molecule has 1 amide bonds. The maximum atomic E-state index is 11.0. The van der Waals surface area contributed by atoms with Crippen molar-refractivity contribution in [1.29, 1.82) is 0 Å². The van der Waals surface area contributed by atoms with Crippen LogP contribution in [-0.4, -0.2) is 35.2 Å². The first kappa shape index (κ1) is 9.48. The summed E-state index contributed by atoms with van der Waals surface area (Å²) in [6, 6.07) is 0. The zero-order valence-corrected chi connectivity index (χ0v) is 7.42. The van der Waals surface area contributed by atoms with Crippen molar-refractivity contribution < 1.29 is 9.90 Å². The Hall–Kier alpha value is -0.610. The molecule has 0 unspecified atom stereocenters. The van der Waals surface area contributed by atoms with E-state index in [1.807, 2.05) is 5.01 Å². The van der Waals surface area contributed by atoms with Gasteiger partial charge in [0.1, 0.15) is 6.10 Å². The van der Waals surface area contributed by atoms with E-state index in [4.69, 9.17) is 5.11 Å². The predicted octanol–water partition coefficient (Wildman–Crippen LogP) is -0.116. The third kappa shape index (κ3) is 2.79. The lowest BCUT2D eigenvalue weighted by molar-refractivity contribution is -0.134. The van der Waals surface area contributed by atoms with Crippen molar-refractivity contribution in [2.45, 2.75) is 32.3 Å². The molecule has 1 fully saturated rings. The van der Waals surface area contributed by atoms with Gasteiger partial charge in [0.05, 0.1) is 0 Å². The smallest absolute Gasteiger partial charge is 0.262 e. The first-order chi connectivity index (χ1) is 5.70. The van der Waals surface area contributed by atoms with Gasteiger partial charge < -0.3 is 5.11 Å². The first-order valence-electron chi connectivity index (χ1n) is 4.43. The predicted molar refractivity (Wildman–Crippen MR) is 45.2 cm³/mol. The number of carbonyl (C=O) groups is 1. The number of nitrogens with zero attached hydrogens (tertiary/aromatic N) is 1. The largest absolute Gasteiger partial charge is 0.384 e. The van der Waals surface area contributed by atoms with Gasteiger partial charge in [0.25, 0.3) is 5.91 Å². The van der Waals surface area contributed by atoms with Crippen LogP contribution in [0, 0.1) is 0 Å². The van der Waals surface area contributed by atoms with Gasteiger partial charge in [-0.15, -0.1) is 0 Å². The molecule has 4 nitrogen and oxygen atoms in total. The molecule has 1 atom stereocenters.